The third-order valence-electron chi connectivity index (χ3n) is 2.98. The Balaban J connectivity index is 2.30. The number of anilines is 1. The van der Waals surface area contributed by atoms with E-state index in [0.29, 0.717) is 31.3 Å². The molecule has 0 aliphatic carbocycles. The summed E-state index contributed by atoms with van der Waals surface area (Å²) in [6, 6.07) is 0.135. The molecular weight excluding hydrogens is 236 g/mol. The summed E-state index contributed by atoms with van der Waals surface area (Å²) in [7, 11) is 0. The molecule has 7 nitrogen and oxygen atoms in total. The number of nitro groups is 1. The average Bonchev–Trinajstić information content (AvgIpc) is 2.89. The molecule has 1 aliphatic rings. The molecule has 7 heteroatoms. The van der Waals surface area contributed by atoms with Crippen LogP contribution in [-0.2, 0) is 11.3 Å². The molecule has 0 aromatic carbocycles. The fraction of sp³-hybridized carbons (Fsp3) is 0.727. The highest BCUT2D eigenvalue weighted by molar-refractivity contribution is 5.60. The Kier molecular flexibility index (Phi) is 3.81. The van der Waals surface area contributed by atoms with Crippen molar-refractivity contribution in [3.63, 3.8) is 0 Å². The highest BCUT2D eigenvalue weighted by Gasteiger charge is 2.28. The van der Waals surface area contributed by atoms with Gasteiger partial charge in [-0.1, -0.05) is 6.92 Å². The third-order valence-corrected chi connectivity index (χ3v) is 2.98. The van der Waals surface area contributed by atoms with E-state index < -0.39 is 0 Å². The van der Waals surface area contributed by atoms with Gasteiger partial charge < -0.3 is 10.1 Å². The number of hydrogen-bond donors (Lipinski definition) is 1. The second-order valence-corrected chi connectivity index (χ2v) is 4.47. The Bertz CT molecular complexity index is 438. The van der Waals surface area contributed by atoms with Gasteiger partial charge in [0.25, 0.3) is 0 Å². The molecule has 1 saturated heterocycles. The largest absolute Gasteiger partial charge is 0.379 e. The van der Waals surface area contributed by atoms with Crippen LogP contribution >= 0.6 is 0 Å². The highest BCUT2D eigenvalue weighted by atomic mass is 16.6. The summed E-state index contributed by atoms with van der Waals surface area (Å²) in [5.74, 6) is 0.509. The Hall–Kier alpha value is -1.63. The SMILES string of the molecule is CCCn1nc(C)c([N+](=O)[O-])c1NC1CCOC1. The maximum absolute atomic E-state index is 11.1. The van der Waals surface area contributed by atoms with E-state index in [2.05, 4.69) is 10.4 Å². The van der Waals surface area contributed by atoms with Crippen LogP contribution in [0.2, 0.25) is 0 Å². The second kappa shape index (κ2) is 5.34. The number of hydrogen-bond acceptors (Lipinski definition) is 5. The minimum Gasteiger partial charge on any atom is -0.379 e. The average molecular weight is 254 g/mol. The normalized spacial score (nSPS) is 19.1. The maximum atomic E-state index is 11.1. The Labute approximate surface area is 105 Å². The quantitative estimate of drug-likeness (QED) is 0.639. The monoisotopic (exact) mass is 254 g/mol. The molecule has 1 N–H and O–H groups in total. The first-order valence-electron chi connectivity index (χ1n) is 6.19. The first-order valence-corrected chi connectivity index (χ1v) is 6.19. The first-order chi connectivity index (χ1) is 8.63. The van der Waals surface area contributed by atoms with Crippen molar-refractivity contribution >= 4 is 11.5 Å². The van der Waals surface area contributed by atoms with Gasteiger partial charge in [-0.15, -0.1) is 0 Å². The zero-order chi connectivity index (χ0) is 13.1. The number of nitrogens with zero attached hydrogens (tertiary/aromatic N) is 3. The van der Waals surface area contributed by atoms with Gasteiger partial charge in [0.1, 0.15) is 5.69 Å². The van der Waals surface area contributed by atoms with Gasteiger partial charge in [0.05, 0.1) is 17.6 Å². The molecule has 1 aliphatic heterocycles. The minimum atomic E-state index is -0.368. The fourth-order valence-electron chi connectivity index (χ4n) is 2.15. The molecule has 1 aromatic rings. The lowest BCUT2D eigenvalue weighted by atomic mass is 10.2. The molecule has 0 bridgehead atoms. The summed E-state index contributed by atoms with van der Waals surface area (Å²) >= 11 is 0. The van der Waals surface area contributed by atoms with Gasteiger partial charge in [-0.3, -0.25) is 10.1 Å². The van der Waals surface area contributed by atoms with E-state index in [4.69, 9.17) is 4.74 Å². The smallest absolute Gasteiger partial charge is 0.333 e. The first kappa shape index (κ1) is 12.8. The lowest BCUT2D eigenvalue weighted by Gasteiger charge is -2.12. The van der Waals surface area contributed by atoms with Crippen molar-refractivity contribution in [1.82, 2.24) is 9.78 Å². The van der Waals surface area contributed by atoms with Crippen molar-refractivity contribution in [2.75, 3.05) is 18.5 Å². The lowest BCUT2D eigenvalue weighted by molar-refractivity contribution is -0.384. The van der Waals surface area contributed by atoms with Crippen LogP contribution in [0.4, 0.5) is 11.5 Å². The fourth-order valence-corrected chi connectivity index (χ4v) is 2.15. The Morgan fingerprint density at radius 2 is 2.44 bits per heavy atom. The Morgan fingerprint density at radius 1 is 1.67 bits per heavy atom. The van der Waals surface area contributed by atoms with Gasteiger partial charge in [0, 0.05) is 13.2 Å². The predicted molar refractivity (Wildman–Crippen MR) is 66.8 cm³/mol. The van der Waals surface area contributed by atoms with E-state index >= 15 is 0 Å². The zero-order valence-electron chi connectivity index (χ0n) is 10.7. The molecule has 0 amide bonds. The van der Waals surface area contributed by atoms with Crippen molar-refractivity contribution in [3.05, 3.63) is 15.8 Å². The van der Waals surface area contributed by atoms with Crippen molar-refractivity contribution < 1.29 is 9.66 Å². The summed E-state index contributed by atoms with van der Waals surface area (Å²) < 4.78 is 6.96. The molecule has 2 rings (SSSR count). The molecule has 1 unspecified atom stereocenters. The summed E-state index contributed by atoms with van der Waals surface area (Å²) in [6.07, 6.45) is 1.75. The number of nitrogens with one attached hydrogen (secondary N) is 1. The van der Waals surface area contributed by atoms with Gasteiger partial charge in [-0.2, -0.15) is 5.10 Å². The molecule has 0 spiro atoms. The lowest BCUT2D eigenvalue weighted by Crippen LogP contribution is -2.22. The molecule has 1 atom stereocenters. The molecule has 0 radical (unpaired) electrons. The van der Waals surface area contributed by atoms with E-state index in [0.717, 1.165) is 12.8 Å². The predicted octanol–water partition coefficient (Wildman–Crippen LogP) is 1.71. The summed E-state index contributed by atoms with van der Waals surface area (Å²) in [5, 5.41) is 18.5. The van der Waals surface area contributed by atoms with E-state index in [-0.39, 0.29) is 16.7 Å². The zero-order valence-corrected chi connectivity index (χ0v) is 10.7. The van der Waals surface area contributed by atoms with Gasteiger partial charge in [0.2, 0.25) is 5.82 Å². The summed E-state index contributed by atoms with van der Waals surface area (Å²) in [4.78, 5) is 10.7. The number of ether oxygens (including phenoxy) is 1. The van der Waals surface area contributed by atoms with E-state index in [9.17, 15) is 10.1 Å². The van der Waals surface area contributed by atoms with Crippen LogP contribution in [0, 0.1) is 17.0 Å². The maximum Gasteiger partial charge on any atom is 0.333 e. The molecule has 1 fully saturated rings. The van der Waals surface area contributed by atoms with Crippen LogP contribution < -0.4 is 5.32 Å². The summed E-state index contributed by atoms with van der Waals surface area (Å²) in [5.41, 5.74) is 0.533. The molecule has 18 heavy (non-hydrogen) atoms. The van der Waals surface area contributed by atoms with Gasteiger partial charge in [-0.25, -0.2) is 4.68 Å². The van der Waals surface area contributed by atoms with Crippen molar-refractivity contribution in [2.45, 2.75) is 39.3 Å². The van der Waals surface area contributed by atoms with E-state index in [1.54, 1.807) is 11.6 Å². The van der Waals surface area contributed by atoms with Crippen LogP contribution in [0.1, 0.15) is 25.5 Å². The number of aromatic nitrogens is 2. The van der Waals surface area contributed by atoms with Crippen molar-refractivity contribution in [2.24, 2.45) is 0 Å². The number of rotatable bonds is 5. The van der Waals surface area contributed by atoms with Crippen LogP contribution in [0.25, 0.3) is 0 Å². The molecule has 0 saturated carbocycles. The molecule has 1 aromatic heterocycles. The Morgan fingerprint density at radius 3 is 3.00 bits per heavy atom. The topological polar surface area (TPSA) is 82.2 Å². The molecule has 2 heterocycles. The standard InChI is InChI=1S/C11H18N4O3/c1-3-5-14-11(12-9-4-6-18-7-9)10(15(16)17)8(2)13-14/h9,12H,3-7H2,1-2H3. The minimum absolute atomic E-state index is 0.0790. The van der Waals surface area contributed by atoms with Gasteiger partial charge in [-0.05, 0) is 19.8 Å². The van der Waals surface area contributed by atoms with Gasteiger partial charge in [0.15, 0.2) is 0 Å². The van der Waals surface area contributed by atoms with Crippen LogP contribution in [0.3, 0.4) is 0 Å². The van der Waals surface area contributed by atoms with Crippen LogP contribution in [-0.4, -0.2) is 34.0 Å². The summed E-state index contributed by atoms with van der Waals surface area (Å²) in [6.45, 7) is 5.65. The van der Waals surface area contributed by atoms with Crippen LogP contribution in [0.15, 0.2) is 0 Å². The van der Waals surface area contributed by atoms with Crippen molar-refractivity contribution in [1.29, 1.82) is 0 Å². The van der Waals surface area contributed by atoms with Crippen LogP contribution in [0.5, 0.6) is 0 Å². The van der Waals surface area contributed by atoms with E-state index in [1.165, 1.54) is 0 Å². The second-order valence-electron chi connectivity index (χ2n) is 4.47. The third kappa shape index (κ3) is 2.45. The number of aryl methyl sites for hydroxylation is 2. The highest BCUT2D eigenvalue weighted by Crippen LogP contribution is 2.29. The van der Waals surface area contributed by atoms with Gasteiger partial charge >= 0.3 is 5.69 Å². The molecule has 100 valence electrons. The molecular formula is C11H18N4O3. The van der Waals surface area contributed by atoms with Crippen molar-refractivity contribution in [3.8, 4) is 0 Å². The van der Waals surface area contributed by atoms with E-state index in [1.807, 2.05) is 6.92 Å².